The molecule has 2 N–H and O–H groups in total. The van der Waals surface area contributed by atoms with E-state index in [9.17, 15) is 14.4 Å². The van der Waals surface area contributed by atoms with Gasteiger partial charge in [0.15, 0.2) is 8.32 Å². The maximum atomic E-state index is 13.3. The number of hydrogen-bond acceptors (Lipinski definition) is 9. The Morgan fingerprint density at radius 3 is 2.08 bits per heavy atom. The number of nitriles is 1. The van der Waals surface area contributed by atoms with E-state index in [4.69, 9.17) is 23.9 Å². The van der Waals surface area contributed by atoms with E-state index in [1.165, 1.54) is 0 Å². The standard InChI is InChI=1S/C38H70N4O7Si2/c1-34(2)19-31(20-37(7,23-34)25-40-29-43)42-33(45)48-16-15-46-14-13-17-51(11,12)49-36(5,6)27-50(9,10)22-32(44)41-30-18-35(3,4)24-38(8,21-30)26-47-28-39/h30-31H,13-27H2,1-12H3,(H,41,44)(H,42,45). The molecule has 0 aromatic heterocycles. The van der Waals surface area contributed by atoms with Crippen molar-refractivity contribution in [1.82, 2.24) is 10.6 Å². The molecule has 51 heavy (non-hydrogen) atoms. The fourth-order valence-electron chi connectivity index (χ4n) is 10.00. The van der Waals surface area contributed by atoms with E-state index in [1.54, 1.807) is 6.08 Å². The maximum Gasteiger partial charge on any atom is 0.407 e. The van der Waals surface area contributed by atoms with Gasteiger partial charge in [-0.25, -0.2) is 14.6 Å². The lowest BCUT2D eigenvalue weighted by atomic mass is 9.62. The molecule has 0 radical (unpaired) electrons. The Labute approximate surface area is 310 Å². The molecule has 0 aromatic carbocycles. The Kier molecular flexibility index (Phi) is 16.0. The molecule has 2 rings (SSSR count). The molecule has 11 nitrogen and oxygen atoms in total. The first kappa shape index (κ1) is 44.9. The molecule has 2 amide bonds. The normalized spacial score (nSPS) is 26.3. The Balaban J connectivity index is 1.72. The third-order valence-corrected chi connectivity index (χ3v) is 16.0. The van der Waals surface area contributed by atoms with Gasteiger partial charge in [-0.1, -0.05) is 54.6 Å². The summed E-state index contributed by atoms with van der Waals surface area (Å²) in [6.45, 7) is 28.3. The number of ether oxygens (including phenoxy) is 3. The number of carbonyl (C=O) groups excluding carboxylic acids is 3. The molecule has 0 spiro atoms. The van der Waals surface area contributed by atoms with Crippen LogP contribution in [0, 0.1) is 33.2 Å². The minimum atomic E-state index is -2.02. The summed E-state index contributed by atoms with van der Waals surface area (Å²) in [5.74, 6) is 0.117. The van der Waals surface area contributed by atoms with Crippen LogP contribution in [0.15, 0.2) is 4.99 Å². The molecule has 13 heteroatoms. The van der Waals surface area contributed by atoms with Crippen molar-refractivity contribution >= 4 is 34.5 Å². The van der Waals surface area contributed by atoms with E-state index in [0.29, 0.717) is 32.4 Å². The topological polar surface area (TPSA) is 148 Å². The predicted octanol–water partition coefficient (Wildman–Crippen LogP) is 7.95. The first-order chi connectivity index (χ1) is 23.3. The van der Waals surface area contributed by atoms with Crippen LogP contribution in [0.2, 0.25) is 44.3 Å². The van der Waals surface area contributed by atoms with Crippen molar-refractivity contribution in [3.8, 4) is 6.26 Å². The van der Waals surface area contributed by atoms with E-state index in [2.05, 4.69) is 97.2 Å². The first-order valence-corrected chi connectivity index (χ1v) is 25.4. The van der Waals surface area contributed by atoms with Crippen LogP contribution in [0.25, 0.3) is 0 Å². The number of aliphatic imine (C=N–C) groups is 1. The molecule has 2 aliphatic rings. The highest BCUT2D eigenvalue weighted by Crippen LogP contribution is 2.47. The largest absolute Gasteiger partial charge is 0.447 e. The molecule has 2 fully saturated rings. The average molecular weight is 751 g/mol. The second kappa shape index (κ2) is 18.2. The smallest absolute Gasteiger partial charge is 0.407 e. The fourth-order valence-corrected chi connectivity index (χ4v) is 16.3. The van der Waals surface area contributed by atoms with Gasteiger partial charge in [0.2, 0.25) is 12.0 Å². The van der Waals surface area contributed by atoms with Crippen molar-refractivity contribution in [1.29, 1.82) is 5.26 Å². The molecule has 4 unspecified atom stereocenters. The molecular formula is C38H70N4O7Si2. The predicted molar refractivity (Wildman–Crippen MR) is 206 cm³/mol. The second-order valence-electron chi connectivity index (χ2n) is 20.0. The number of carbonyl (C=O) groups is 2. The summed E-state index contributed by atoms with van der Waals surface area (Å²) in [6.07, 6.45) is 9.07. The van der Waals surface area contributed by atoms with E-state index in [1.807, 2.05) is 6.26 Å². The number of isocyanates is 1. The second-order valence-corrected chi connectivity index (χ2v) is 29.3. The summed E-state index contributed by atoms with van der Waals surface area (Å²) in [5, 5.41) is 15.3. The van der Waals surface area contributed by atoms with Crippen LogP contribution in [0.5, 0.6) is 0 Å². The van der Waals surface area contributed by atoms with Crippen LogP contribution < -0.4 is 10.6 Å². The zero-order chi connectivity index (χ0) is 38.8. The highest BCUT2D eigenvalue weighted by molar-refractivity contribution is 6.80. The molecule has 0 saturated heterocycles. The lowest BCUT2D eigenvalue weighted by molar-refractivity contribution is -0.120. The number of amides is 2. The van der Waals surface area contributed by atoms with Crippen LogP contribution in [0.4, 0.5) is 4.79 Å². The Morgan fingerprint density at radius 2 is 1.47 bits per heavy atom. The Morgan fingerprint density at radius 1 is 0.882 bits per heavy atom. The first-order valence-electron chi connectivity index (χ1n) is 18.9. The summed E-state index contributed by atoms with van der Waals surface area (Å²) in [6, 6.07) is 2.40. The molecule has 0 aliphatic heterocycles. The van der Waals surface area contributed by atoms with Crippen molar-refractivity contribution < 1.29 is 33.0 Å². The number of alkyl carbamates (subject to hydrolysis) is 1. The number of nitrogens with zero attached hydrogens (tertiary/aromatic N) is 2. The number of hydrogen-bond donors (Lipinski definition) is 2. The highest BCUT2D eigenvalue weighted by Gasteiger charge is 2.44. The Hall–Kier alpha value is -2.24. The highest BCUT2D eigenvalue weighted by atomic mass is 28.4. The molecule has 0 bridgehead atoms. The number of nitrogens with one attached hydrogen (secondary N) is 2. The van der Waals surface area contributed by atoms with Crippen molar-refractivity contribution in [2.24, 2.45) is 26.7 Å². The summed E-state index contributed by atoms with van der Waals surface area (Å²) >= 11 is 0. The Bertz CT molecular complexity index is 1260. The van der Waals surface area contributed by atoms with Crippen LogP contribution in [0.1, 0.15) is 100 Å². The summed E-state index contributed by atoms with van der Waals surface area (Å²) in [4.78, 5) is 40.3. The molecule has 0 heterocycles. The number of rotatable bonds is 19. The van der Waals surface area contributed by atoms with Gasteiger partial charge < -0.3 is 29.3 Å². The summed E-state index contributed by atoms with van der Waals surface area (Å²) in [7, 11) is -3.96. The van der Waals surface area contributed by atoms with Gasteiger partial charge in [0.05, 0.1) is 21.2 Å². The van der Waals surface area contributed by atoms with Gasteiger partial charge in [0, 0.05) is 35.8 Å². The van der Waals surface area contributed by atoms with E-state index in [-0.39, 0.29) is 51.9 Å². The fraction of sp³-hybridized carbons (Fsp3) is 0.895. The lowest BCUT2D eigenvalue weighted by Crippen LogP contribution is -2.50. The van der Waals surface area contributed by atoms with E-state index >= 15 is 0 Å². The van der Waals surface area contributed by atoms with Crippen molar-refractivity contribution in [3.63, 3.8) is 0 Å². The molecule has 2 saturated carbocycles. The molecule has 4 atom stereocenters. The van der Waals surface area contributed by atoms with Gasteiger partial charge >= 0.3 is 6.09 Å². The van der Waals surface area contributed by atoms with Crippen molar-refractivity contribution in [2.75, 3.05) is 33.0 Å². The zero-order valence-electron chi connectivity index (χ0n) is 34.0. The lowest BCUT2D eigenvalue weighted by Gasteiger charge is -2.46. The SMILES string of the molecule is CC1(C)CC(NC(=O)C[Si](C)(C)CC(C)(C)O[Si](C)(C)CCCOCCOC(=O)NC2CC(C)(C)CC(C)(CN=C=O)C2)CC(C)(COC#N)C1. The van der Waals surface area contributed by atoms with Gasteiger partial charge in [-0.05, 0) is 100 Å². The van der Waals surface area contributed by atoms with Gasteiger partial charge in [-0.2, -0.15) is 5.26 Å². The molecule has 0 aromatic rings. The van der Waals surface area contributed by atoms with Gasteiger partial charge in [-0.3, -0.25) is 4.79 Å². The minimum Gasteiger partial charge on any atom is -0.447 e. The van der Waals surface area contributed by atoms with Gasteiger partial charge in [0.25, 0.3) is 6.26 Å². The van der Waals surface area contributed by atoms with Gasteiger partial charge in [0.1, 0.15) is 13.2 Å². The molecule has 2 aliphatic carbocycles. The van der Waals surface area contributed by atoms with Crippen molar-refractivity contribution in [3.05, 3.63) is 0 Å². The minimum absolute atomic E-state index is 0.0177. The third kappa shape index (κ3) is 17.4. The molecule has 292 valence electrons. The van der Waals surface area contributed by atoms with Crippen molar-refractivity contribution in [2.45, 2.75) is 162 Å². The third-order valence-electron chi connectivity index (χ3n) is 10.2. The quantitative estimate of drug-likeness (QED) is 0.0445. The average Bonchev–Trinajstić information content (AvgIpc) is 2.90. The summed E-state index contributed by atoms with van der Waals surface area (Å²) < 4.78 is 23.2. The zero-order valence-corrected chi connectivity index (χ0v) is 36.0. The van der Waals surface area contributed by atoms with Crippen LogP contribution in [-0.2, 0) is 28.2 Å². The van der Waals surface area contributed by atoms with E-state index < -0.39 is 22.5 Å². The maximum absolute atomic E-state index is 13.3. The monoisotopic (exact) mass is 750 g/mol. The summed E-state index contributed by atoms with van der Waals surface area (Å²) in [5.41, 5.74) is -0.568. The van der Waals surface area contributed by atoms with E-state index in [0.717, 1.165) is 57.0 Å². The van der Waals surface area contributed by atoms with Crippen LogP contribution in [0.3, 0.4) is 0 Å². The van der Waals surface area contributed by atoms with Crippen LogP contribution >= 0.6 is 0 Å². The molecular weight excluding hydrogens is 681 g/mol. The van der Waals surface area contributed by atoms with Gasteiger partial charge in [-0.15, -0.1) is 0 Å². The van der Waals surface area contributed by atoms with Crippen LogP contribution in [-0.4, -0.2) is 85.1 Å².